The summed E-state index contributed by atoms with van der Waals surface area (Å²) in [4.78, 5) is 0. The summed E-state index contributed by atoms with van der Waals surface area (Å²) in [5.74, 6) is 0. The summed E-state index contributed by atoms with van der Waals surface area (Å²) in [6.07, 6.45) is 9.52. The third-order valence-electron chi connectivity index (χ3n) is 2.63. The Morgan fingerprint density at radius 2 is 2.00 bits per heavy atom. The zero-order chi connectivity index (χ0) is 11.7. The first-order valence-corrected chi connectivity index (χ1v) is 5.87. The summed E-state index contributed by atoms with van der Waals surface area (Å²) in [6.45, 7) is 6.28. The van der Waals surface area contributed by atoms with Crippen molar-refractivity contribution in [1.29, 1.82) is 0 Å². The second-order valence-corrected chi connectivity index (χ2v) is 3.97. The maximum atomic E-state index is 9.55. The van der Waals surface area contributed by atoms with E-state index in [-0.39, 0.29) is 6.04 Å². The largest absolute Gasteiger partial charge is 0.387 e. The maximum Gasteiger partial charge on any atom is 0.0871 e. The van der Waals surface area contributed by atoms with Gasteiger partial charge >= 0.3 is 0 Å². The normalized spacial score (nSPS) is 17.0. The van der Waals surface area contributed by atoms with Gasteiger partial charge in [0.1, 0.15) is 0 Å². The second kappa shape index (κ2) is 8.69. The van der Waals surface area contributed by atoms with Gasteiger partial charge in [-0.2, -0.15) is 0 Å². The number of nitrogens with two attached hydrogens (primary N) is 1. The zero-order valence-electron chi connectivity index (χ0n) is 10.2. The summed E-state index contributed by atoms with van der Waals surface area (Å²) in [6, 6.07) is -0.130. The van der Waals surface area contributed by atoms with E-state index >= 15 is 0 Å². The van der Waals surface area contributed by atoms with E-state index < -0.39 is 6.10 Å². The van der Waals surface area contributed by atoms with Crippen molar-refractivity contribution in [2.75, 3.05) is 0 Å². The Bertz CT molecular complexity index is 209. The van der Waals surface area contributed by atoms with Crippen molar-refractivity contribution in [3.63, 3.8) is 0 Å². The standard InChI is InChI=1S/C13H25NO/c1-4-11(3)9-7-6-8-10-13(15)12(14)5-2/h8-10,12-13,15H,4-7,14H2,1-3H3/b10-8+,11-9+. The number of aliphatic hydroxyl groups excluding tert-OH is 1. The molecule has 0 aromatic heterocycles. The Labute approximate surface area is 93.9 Å². The van der Waals surface area contributed by atoms with Gasteiger partial charge in [0.25, 0.3) is 0 Å². The van der Waals surface area contributed by atoms with E-state index in [9.17, 15) is 5.11 Å². The molecule has 2 atom stereocenters. The van der Waals surface area contributed by atoms with Gasteiger partial charge in [-0.3, -0.25) is 0 Å². The summed E-state index contributed by atoms with van der Waals surface area (Å²) in [7, 11) is 0. The lowest BCUT2D eigenvalue weighted by atomic mass is 10.1. The van der Waals surface area contributed by atoms with Crippen molar-refractivity contribution in [3.8, 4) is 0 Å². The predicted molar refractivity (Wildman–Crippen MR) is 66.7 cm³/mol. The molecule has 2 unspecified atom stereocenters. The predicted octanol–water partition coefficient (Wildman–Crippen LogP) is 2.78. The molecule has 2 heteroatoms. The highest BCUT2D eigenvalue weighted by Gasteiger charge is 2.07. The van der Waals surface area contributed by atoms with Crippen molar-refractivity contribution in [2.24, 2.45) is 5.73 Å². The molecule has 2 nitrogen and oxygen atoms in total. The van der Waals surface area contributed by atoms with Crippen LogP contribution in [0.4, 0.5) is 0 Å². The van der Waals surface area contributed by atoms with E-state index in [2.05, 4.69) is 19.9 Å². The smallest absolute Gasteiger partial charge is 0.0871 e. The fraction of sp³-hybridized carbons (Fsp3) is 0.692. The Balaban J connectivity index is 3.71. The molecular weight excluding hydrogens is 186 g/mol. The molecule has 3 N–H and O–H groups in total. The van der Waals surface area contributed by atoms with Gasteiger partial charge in [-0.1, -0.05) is 37.6 Å². The van der Waals surface area contributed by atoms with Crippen LogP contribution in [-0.4, -0.2) is 17.3 Å². The van der Waals surface area contributed by atoms with Crippen molar-refractivity contribution in [3.05, 3.63) is 23.8 Å². The first-order valence-electron chi connectivity index (χ1n) is 5.87. The first-order chi connectivity index (χ1) is 7.11. The lowest BCUT2D eigenvalue weighted by molar-refractivity contribution is 0.188. The monoisotopic (exact) mass is 211 g/mol. The van der Waals surface area contributed by atoms with Crippen LogP contribution < -0.4 is 5.73 Å². The maximum absolute atomic E-state index is 9.55. The quantitative estimate of drug-likeness (QED) is 0.502. The molecule has 0 bridgehead atoms. The van der Waals surface area contributed by atoms with E-state index in [1.165, 1.54) is 5.57 Å². The van der Waals surface area contributed by atoms with E-state index in [4.69, 9.17) is 5.73 Å². The molecule has 0 fully saturated rings. The van der Waals surface area contributed by atoms with Crippen LogP contribution in [0.5, 0.6) is 0 Å². The number of allylic oxidation sites excluding steroid dienone is 3. The third kappa shape index (κ3) is 7.34. The highest BCUT2D eigenvalue weighted by Crippen LogP contribution is 2.04. The molecule has 0 amide bonds. The van der Waals surface area contributed by atoms with Crippen LogP contribution in [0.1, 0.15) is 46.5 Å². The molecule has 0 aliphatic carbocycles. The molecule has 0 aromatic rings. The zero-order valence-corrected chi connectivity index (χ0v) is 10.2. The Hall–Kier alpha value is -0.600. The van der Waals surface area contributed by atoms with Crippen LogP contribution in [0, 0.1) is 0 Å². The van der Waals surface area contributed by atoms with Gasteiger partial charge in [-0.25, -0.2) is 0 Å². The van der Waals surface area contributed by atoms with Gasteiger partial charge in [0.2, 0.25) is 0 Å². The van der Waals surface area contributed by atoms with Crippen LogP contribution in [0.3, 0.4) is 0 Å². The third-order valence-corrected chi connectivity index (χ3v) is 2.63. The summed E-state index contributed by atoms with van der Waals surface area (Å²) in [5, 5.41) is 9.55. The minimum Gasteiger partial charge on any atom is -0.387 e. The number of aliphatic hydroxyl groups is 1. The van der Waals surface area contributed by atoms with Gasteiger partial charge < -0.3 is 10.8 Å². The molecule has 0 rings (SSSR count). The summed E-state index contributed by atoms with van der Waals surface area (Å²) < 4.78 is 0. The SMILES string of the molecule is CC/C(C)=C/CC/C=C/C(O)C(N)CC. The van der Waals surface area contributed by atoms with E-state index in [0.29, 0.717) is 0 Å². The van der Waals surface area contributed by atoms with Gasteiger partial charge in [0.05, 0.1) is 6.10 Å². The molecule has 0 aliphatic heterocycles. The van der Waals surface area contributed by atoms with Crippen LogP contribution in [0.2, 0.25) is 0 Å². The number of hydrogen-bond acceptors (Lipinski definition) is 2. The van der Waals surface area contributed by atoms with Gasteiger partial charge in [-0.15, -0.1) is 0 Å². The molecule has 15 heavy (non-hydrogen) atoms. The number of unbranched alkanes of at least 4 members (excludes halogenated alkanes) is 1. The number of hydrogen-bond donors (Lipinski definition) is 2. The van der Waals surface area contributed by atoms with Crippen molar-refractivity contribution in [2.45, 2.75) is 58.6 Å². The summed E-state index contributed by atoms with van der Waals surface area (Å²) in [5.41, 5.74) is 7.11. The average Bonchev–Trinajstić information content (AvgIpc) is 2.26. The minimum absolute atomic E-state index is 0.130. The molecule has 0 aliphatic rings. The molecular formula is C13H25NO. The van der Waals surface area contributed by atoms with Crippen molar-refractivity contribution >= 4 is 0 Å². The van der Waals surface area contributed by atoms with Crippen LogP contribution in [0.15, 0.2) is 23.8 Å². The first kappa shape index (κ1) is 14.4. The minimum atomic E-state index is -0.494. The highest BCUT2D eigenvalue weighted by molar-refractivity contribution is 4.99. The molecule has 0 heterocycles. The van der Waals surface area contributed by atoms with Crippen molar-refractivity contribution in [1.82, 2.24) is 0 Å². The second-order valence-electron chi connectivity index (χ2n) is 3.97. The topological polar surface area (TPSA) is 46.2 Å². The molecule has 0 radical (unpaired) electrons. The Morgan fingerprint density at radius 3 is 2.53 bits per heavy atom. The highest BCUT2D eigenvalue weighted by atomic mass is 16.3. The van der Waals surface area contributed by atoms with Crippen LogP contribution in [-0.2, 0) is 0 Å². The molecule has 0 saturated carbocycles. The van der Waals surface area contributed by atoms with E-state index in [0.717, 1.165) is 25.7 Å². The van der Waals surface area contributed by atoms with Gasteiger partial charge in [-0.05, 0) is 32.6 Å². The fourth-order valence-electron chi connectivity index (χ4n) is 1.19. The summed E-state index contributed by atoms with van der Waals surface area (Å²) >= 11 is 0. The lowest BCUT2D eigenvalue weighted by Crippen LogP contribution is -2.32. The Kier molecular flexibility index (Phi) is 8.34. The van der Waals surface area contributed by atoms with Crippen LogP contribution in [0.25, 0.3) is 0 Å². The number of rotatable bonds is 7. The van der Waals surface area contributed by atoms with Crippen LogP contribution >= 0.6 is 0 Å². The Morgan fingerprint density at radius 1 is 1.33 bits per heavy atom. The fourth-order valence-corrected chi connectivity index (χ4v) is 1.19. The molecule has 88 valence electrons. The lowest BCUT2D eigenvalue weighted by Gasteiger charge is -2.12. The van der Waals surface area contributed by atoms with E-state index in [1.807, 2.05) is 19.1 Å². The van der Waals surface area contributed by atoms with E-state index in [1.54, 1.807) is 0 Å². The van der Waals surface area contributed by atoms with Crippen molar-refractivity contribution < 1.29 is 5.11 Å². The molecule has 0 saturated heterocycles. The van der Waals surface area contributed by atoms with Gasteiger partial charge in [0, 0.05) is 6.04 Å². The molecule has 0 spiro atoms. The van der Waals surface area contributed by atoms with Gasteiger partial charge in [0.15, 0.2) is 0 Å². The average molecular weight is 211 g/mol. The molecule has 0 aromatic carbocycles.